The van der Waals surface area contributed by atoms with Crippen molar-refractivity contribution < 1.29 is 0 Å². The van der Waals surface area contributed by atoms with Gasteiger partial charge in [0.15, 0.2) is 0 Å². The van der Waals surface area contributed by atoms with Gasteiger partial charge >= 0.3 is 0 Å². The van der Waals surface area contributed by atoms with Crippen LogP contribution in [-0.4, -0.2) is 0 Å². The molecular formula is C10H14. The summed E-state index contributed by atoms with van der Waals surface area (Å²) in [5.41, 5.74) is 0.763. The van der Waals surface area contributed by atoms with Crippen molar-refractivity contribution in [2.45, 2.75) is 26.2 Å². The molecule has 4 unspecified atom stereocenters. The Hall–Kier alpha value is -0.260. The average Bonchev–Trinajstić information content (AvgIpc) is 1.86. The quantitative estimate of drug-likeness (QED) is 0.447. The van der Waals surface area contributed by atoms with Crippen LogP contribution in [0.3, 0.4) is 0 Å². The third kappa shape index (κ3) is 0.349. The van der Waals surface area contributed by atoms with Gasteiger partial charge in [-0.1, -0.05) is 19.1 Å². The van der Waals surface area contributed by atoms with Crippen molar-refractivity contribution in [1.29, 1.82) is 0 Å². The first-order valence-electron chi connectivity index (χ1n) is 4.52. The van der Waals surface area contributed by atoms with Gasteiger partial charge < -0.3 is 0 Å². The molecule has 0 aromatic carbocycles. The molecule has 3 aliphatic carbocycles. The molecule has 0 aromatic rings. The van der Waals surface area contributed by atoms with Crippen LogP contribution >= 0.6 is 0 Å². The molecule has 0 heterocycles. The Morgan fingerprint density at radius 2 is 2.40 bits per heavy atom. The van der Waals surface area contributed by atoms with Gasteiger partial charge in [-0.3, -0.25) is 0 Å². The minimum absolute atomic E-state index is 0.763. The van der Waals surface area contributed by atoms with Gasteiger partial charge in [0.25, 0.3) is 0 Å². The minimum Gasteiger partial charge on any atom is -0.0837 e. The number of allylic oxidation sites excluding steroid dienone is 2. The lowest BCUT2D eigenvalue weighted by Crippen LogP contribution is -2.43. The maximum absolute atomic E-state index is 2.50. The molecule has 4 atom stereocenters. The summed E-state index contributed by atoms with van der Waals surface area (Å²) in [7, 11) is 0. The van der Waals surface area contributed by atoms with Crippen molar-refractivity contribution in [3.63, 3.8) is 0 Å². The summed E-state index contributed by atoms with van der Waals surface area (Å²) in [6.45, 7) is 2.42. The average molecular weight is 134 g/mol. The lowest BCUT2D eigenvalue weighted by molar-refractivity contribution is 0.0684. The Kier molecular flexibility index (Phi) is 0.725. The summed E-state index contributed by atoms with van der Waals surface area (Å²) >= 11 is 0. The van der Waals surface area contributed by atoms with Crippen molar-refractivity contribution in [2.24, 2.45) is 23.2 Å². The fourth-order valence-corrected chi connectivity index (χ4v) is 3.45. The van der Waals surface area contributed by atoms with Gasteiger partial charge in [-0.2, -0.15) is 0 Å². The molecule has 0 N–H and O–H groups in total. The Morgan fingerprint density at radius 3 is 2.70 bits per heavy atom. The predicted octanol–water partition coefficient (Wildman–Crippen LogP) is 2.61. The molecule has 0 amide bonds. The number of hydrogen-bond donors (Lipinski definition) is 0. The molecule has 2 saturated carbocycles. The summed E-state index contributed by atoms with van der Waals surface area (Å²) < 4.78 is 0. The third-order valence-corrected chi connectivity index (χ3v) is 4.19. The Bertz CT molecular complexity index is 204. The molecule has 0 aromatic heterocycles. The highest BCUT2D eigenvalue weighted by Gasteiger charge is 2.59. The van der Waals surface area contributed by atoms with E-state index in [4.69, 9.17) is 0 Å². The van der Waals surface area contributed by atoms with Crippen LogP contribution in [0.4, 0.5) is 0 Å². The van der Waals surface area contributed by atoms with Gasteiger partial charge in [0, 0.05) is 0 Å². The molecule has 0 radical (unpaired) electrons. The molecule has 0 aliphatic heterocycles. The summed E-state index contributed by atoms with van der Waals surface area (Å²) in [6.07, 6.45) is 9.48. The molecule has 2 fully saturated rings. The van der Waals surface area contributed by atoms with Crippen molar-refractivity contribution in [2.75, 3.05) is 0 Å². The summed E-state index contributed by atoms with van der Waals surface area (Å²) in [5, 5.41) is 0. The Balaban J connectivity index is 2.03. The second-order valence-electron chi connectivity index (χ2n) is 4.45. The first-order chi connectivity index (χ1) is 4.83. The van der Waals surface area contributed by atoms with E-state index in [1.54, 1.807) is 0 Å². The zero-order valence-corrected chi connectivity index (χ0v) is 6.51. The molecule has 0 saturated heterocycles. The van der Waals surface area contributed by atoms with Crippen LogP contribution in [0.25, 0.3) is 0 Å². The second-order valence-corrected chi connectivity index (χ2v) is 4.45. The van der Waals surface area contributed by atoms with E-state index in [9.17, 15) is 0 Å². The van der Waals surface area contributed by atoms with Crippen molar-refractivity contribution >= 4 is 0 Å². The molecule has 0 nitrogen and oxygen atoms in total. The number of hydrogen-bond acceptors (Lipinski definition) is 0. The molecular weight excluding hydrogens is 120 g/mol. The van der Waals surface area contributed by atoms with E-state index < -0.39 is 0 Å². The van der Waals surface area contributed by atoms with Crippen molar-refractivity contribution in [3.8, 4) is 0 Å². The van der Waals surface area contributed by atoms with Crippen molar-refractivity contribution in [3.05, 3.63) is 12.2 Å². The maximum Gasteiger partial charge on any atom is -0.00244 e. The monoisotopic (exact) mass is 134 g/mol. The maximum atomic E-state index is 2.50. The van der Waals surface area contributed by atoms with Crippen molar-refractivity contribution in [1.82, 2.24) is 0 Å². The molecule has 54 valence electrons. The fourth-order valence-electron chi connectivity index (χ4n) is 3.45. The zero-order chi connectivity index (χ0) is 6.77. The van der Waals surface area contributed by atoms with E-state index in [1.807, 2.05) is 0 Å². The van der Waals surface area contributed by atoms with E-state index in [-0.39, 0.29) is 0 Å². The van der Waals surface area contributed by atoms with E-state index in [0.717, 1.165) is 23.2 Å². The van der Waals surface area contributed by atoms with E-state index >= 15 is 0 Å². The zero-order valence-electron chi connectivity index (χ0n) is 6.51. The highest BCUT2D eigenvalue weighted by atomic mass is 14.6. The first kappa shape index (κ1) is 5.40. The van der Waals surface area contributed by atoms with Gasteiger partial charge in [0.2, 0.25) is 0 Å². The van der Waals surface area contributed by atoms with Gasteiger partial charge in [-0.25, -0.2) is 0 Å². The standard InChI is InChI=1S/C10H14/c1-7-6-8-2-4-10(8)5-3-9(7)10/h3,5,7-9H,2,4,6H2,1H3. The molecule has 0 heteroatoms. The lowest BCUT2D eigenvalue weighted by Gasteiger charge is -2.51. The van der Waals surface area contributed by atoms with Gasteiger partial charge in [-0.15, -0.1) is 0 Å². The molecule has 1 spiro atoms. The van der Waals surface area contributed by atoms with Crippen LogP contribution in [0, 0.1) is 23.2 Å². The smallest absolute Gasteiger partial charge is 0.00244 e. The minimum atomic E-state index is 0.763. The van der Waals surface area contributed by atoms with E-state index in [2.05, 4.69) is 19.1 Å². The highest BCUT2D eigenvalue weighted by Crippen LogP contribution is 2.68. The highest BCUT2D eigenvalue weighted by molar-refractivity contribution is 5.29. The van der Waals surface area contributed by atoms with Crippen LogP contribution < -0.4 is 0 Å². The number of rotatable bonds is 0. The summed E-state index contributed by atoms with van der Waals surface area (Å²) in [4.78, 5) is 0. The largest absolute Gasteiger partial charge is 0.0837 e. The summed E-state index contributed by atoms with van der Waals surface area (Å²) in [6, 6.07) is 0. The molecule has 0 bridgehead atoms. The van der Waals surface area contributed by atoms with Gasteiger partial charge in [-0.05, 0) is 42.4 Å². The van der Waals surface area contributed by atoms with Crippen LogP contribution in [0.5, 0.6) is 0 Å². The first-order valence-corrected chi connectivity index (χ1v) is 4.52. The molecule has 3 rings (SSSR count). The topological polar surface area (TPSA) is 0 Å². The van der Waals surface area contributed by atoms with Gasteiger partial charge in [0.05, 0.1) is 0 Å². The van der Waals surface area contributed by atoms with Crippen LogP contribution in [0.2, 0.25) is 0 Å². The Labute approximate surface area is 62.3 Å². The van der Waals surface area contributed by atoms with E-state index in [0.29, 0.717) is 0 Å². The van der Waals surface area contributed by atoms with Gasteiger partial charge in [0.1, 0.15) is 0 Å². The second kappa shape index (κ2) is 1.34. The van der Waals surface area contributed by atoms with Crippen LogP contribution in [-0.2, 0) is 0 Å². The molecule has 10 heavy (non-hydrogen) atoms. The Morgan fingerprint density at radius 1 is 1.50 bits per heavy atom. The molecule has 3 aliphatic rings. The summed E-state index contributed by atoms with van der Waals surface area (Å²) in [5.74, 6) is 3.08. The fraction of sp³-hybridized carbons (Fsp3) is 0.800. The SMILES string of the molecule is CC1CC2CCC23C=CC13. The van der Waals surface area contributed by atoms with Crippen LogP contribution in [0.15, 0.2) is 12.2 Å². The lowest BCUT2D eigenvalue weighted by atomic mass is 9.53. The van der Waals surface area contributed by atoms with E-state index in [1.165, 1.54) is 19.3 Å². The predicted molar refractivity (Wildman–Crippen MR) is 41.6 cm³/mol. The third-order valence-electron chi connectivity index (χ3n) is 4.19. The normalized spacial score (nSPS) is 62.3. The van der Waals surface area contributed by atoms with Crippen LogP contribution in [0.1, 0.15) is 26.2 Å².